The van der Waals surface area contributed by atoms with Crippen molar-refractivity contribution < 1.29 is 38.0 Å². The van der Waals surface area contributed by atoms with Crippen molar-refractivity contribution >= 4 is 23.5 Å². The third kappa shape index (κ3) is 5.52. The van der Waals surface area contributed by atoms with Crippen molar-refractivity contribution in [3.63, 3.8) is 0 Å². The van der Waals surface area contributed by atoms with Crippen LogP contribution in [0.4, 0.5) is 11.6 Å². The van der Waals surface area contributed by atoms with Gasteiger partial charge in [0.25, 0.3) is 11.8 Å². The highest BCUT2D eigenvalue weighted by Crippen LogP contribution is 2.39. The van der Waals surface area contributed by atoms with Gasteiger partial charge in [-0.25, -0.2) is 4.98 Å². The van der Waals surface area contributed by atoms with Crippen LogP contribution >= 0.6 is 0 Å². The molecule has 0 aliphatic heterocycles. The second-order valence-corrected chi connectivity index (χ2v) is 7.14. The van der Waals surface area contributed by atoms with E-state index in [4.69, 9.17) is 28.4 Å². The van der Waals surface area contributed by atoms with Crippen LogP contribution in [0.15, 0.2) is 42.5 Å². The zero-order valence-electron chi connectivity index (χ0n) is 20.8. The standard InChI is InChI=1S/C25H27N3O8/c1-31-16-10-14(11-17(32-2)22(16)35-5)24(29)27-20-8-7-9-21(26-20)28-25(30)15-12-18(33-3)23(36-6)19(13-15)34-4/h7-13H,1-6H3,(H2,26,27,28,29,30). The number of ether oxygens (including phenoxy) is 6. The normalized spacial score (nSPS) is 10.2. The lowest BCUT2D eigenvalue weighted by molar-refractivity contribution is 0.101. The van der Waals surface area contributed by atoms with Crippen LogP contribution in [-0.2, 0) is 0 Å². The summed E-state index contributed by atoms with van der Waals surface area (Å²) in [6.45, 7) is 0. The van der Waals surface area contributed by atoms with Crippen LogP contribution in [0.5, 0.6) is 34.5 Å². The number of carbonyl (C=O) groups is 2. The summed E-state index contributed by atoms with van der Waals surface area (Å²) in [6.07, 6.45) is 0. The molecule has 36 heavy (non-hydrogen) atoms. The molecule has 11 nitrogen and oxygen atoms in total. The number of benzene rings is 2. The molecule has 0 aliphatic carbocycles. The van der Waals surface area contributed by atoms with E-state index in [2.05, 4.69) is 15.6 Å². The molecule has 0 spiro atoms. The molecule has 0 radical (unpaired) electrons. The second-order valence-electron chi connectivity index (χ2n) is 7.14. The molecular weight excluding hydrogens is 470 g/mol. The maximum absolute atomic E-state index is 12.9. The average Bonchev–Trinajstić information content (AvgIpc) is 2.91. The van der Waals surface area contributed by atoms with Crippen molar-refractivity contribution in [2.75, 3.05) is 53.3 Å². The highest BCUT2D eigenvalue weighted by atomic mass is 16.5. The number of pyridine rings is 1. The smallest absolute Gasteiger partial charge is 0.257 e. The first-order chi connectivity index (χ1) is 17.4. The molecule has 2 aromatic carbocycles. The molecule has 0 atom stereocenters. The van der Waals surface area contributed by atoms with Crippen LogP contribution in [0.2, 0.25) is 0 Å². The number of hydrogen-bond donors (Lipinski definition) is 2. The third-order valence-electron chi connectivity index (χ3n) is 5.09. The van der Waals surface area contributed by atoms with Crippen molar-refractivity contribution in [3.05, 3.63) is 53.6 Å². The molecule has 0 unspecified atom stereocenters. The van der Waals surface area contributed by atoms with Crippen molar-refractivity contribution in [1.29, 1.82) is 0 Å². The number of rotatable bonds is 10. The fraction of sp³-hybridized carbons (Fsp3) is 0.240. The first kappa shape index (κ1) is 25.9. The summed E-state index contributed by atoms with van der Waals surface area (Å²) in [5.41, 5.74) is 0.524. The largest absolute Gasteiger partial charge is 0.493 e. The number of carbonyl (C=O) groups excluding carboxylic acids is 2. The molecule has 0 bridgehead atoms. The first-order valence-corrected chi connectivity index (χ1v) is 10.6. The number of hydrogen-bond acceptors (Lipinski definition) is 9. The van der Waals surface area contributed by atoms with Gasteiger partial charge in [-0.15, -0.1) is 0 Å². The van der Waals surface area contributed by atoms with Gasteiger partial charge < -0.3 is 39.1 Å². The highest BCUT2D eigenvalue weighted by Gasteiger charge is 2.19. The Bertz CT molecular complexity index is 1120. The van der Waals surface area contributed by atoms with E-state index >= 15 is 0 Å². The van der Waals surface area contributed by atoms with Gasteiger partial charge in [0.2, 0.25) is 11.5 Å². The van der Waals surface area contributed by atoms with Crippen LogP contribution < -0.4 is 39.1 Å². The van der Waals surface area contributed by atoms with Crippen LogP contribution in [0.3, 0.4) is 0 Å². The van der Waals surface area contributed by atoms with E-state index in [1.54, 1.807) is 18.2 Å². The van der Waals surface area contributed by atoms with Gasteiger partial charge in [0, 0.05) is 11.1 Å². The molecule has 1 heterocycles. The summed E-state index contributed by atoms with van der Waals surface area (Å²) < 4.78 is 31.8. The summed E-state index contributed by atoms with van der Waals surface area (Å²) >= 11 is 0. The Morgan fingerprint density at radius 3 is 1.19 bits per heavy atom. The van der Waals surface area contributed by atoms with E-state index in [9.17, 15) is 9.59 Å². The van der Waals surface area contributed by atoms with Gasteiger partial charge >= 0.3 is 0 Å². The Morgan fingerprint density at radius 2 is 0.917 bits per heavy atom. The van der Waals surface area contributed by atoms with E-state index < -0.39 is 11.8 Å². The van der Waals surface area contributed by atoms with Crippen molar-refractivity contribution in [2.24, 2.45) is 0 Å². The topological polar surface area (TPSA) is 126 Å². The SMILES string of the molecule is COc1cc(C(=O)Nc2cccc(NC(=O)c3cc(OC)c(OC)c(OC)c3)n2)cc(OC)c1OC. The van der Waals surface area contributed by atoms with Gasteiger partial charge in [-0.3, -0.25) is 9.59 Å². The molecule has 1 aromatic heterocycles. The Kier molecular flexibility index (Phi) is 8.39. The quantitative estimate of drug-likeness (QED) is 0.432. The molecule has 2 amide bonds. The fourth-order valence-electron chi connectivity index (χ4n) is 3.38. The number of nitrogens with zero attached hydrogens (tertiary/aromatic N) is 1. The van der Waals surface area contributed by atoms with Crippen LogP contribution in [0.25, 0.3) is 0 Å². The van der Waals surface area contributed by atoms with Gasteiger partial charge in [-0.1, -0.05) is 6.07 Å². The summed E-state index contributed by atoms with van der Waals surface area (Å²) in [6, 6.07) is 10.9. The maximum atomic E-state index is 12.9. The second kappa shape index (κ2) is 11.6. The van der Waals surface area contributed by atoms with Crippen molar-refractivity contribution in [1.82, 2.24) is 4.98 Å². The monoisotopic (exact) mass is 497 g/mol. The predicted octanol–water partition coefficient (Wildman–Crippen LogP) is 3.64. The van der Waals surface area contributed by atoms with E-state index in [-0.39, 0.29) is 22.8 Å². The molecule has 0 fully saturated rings. The fourth-order valence-corrected chi connectivity index (χ4v) is 3.38. The van der Waals surface area contributed by atoms with E-state index in [0.29, 0.717) is 34.5 Å². The van der Waals surface area contributed by atoms with Gasteiger partial charge in [-0.2, -0.15) is 0 Å². The Labute approximate surface area is 208 Å². The molecule has 0 saturated carbocycles. The third-order valence-corrected chi connectivity index (χ3v) is 5.09. The lowest BCUT2D eigenvalue weighted by Gasteiger charge is -2.14. The Balaban J connectivity index is 1.81. The average molecular weight is 498 g/mol. The molecule has 3 aromatic rings. The summed E-state index contributed by atoms with van der Waals surface area (Å²) in [5, 5.41) is 5.39. The number of aromatic nitrogens is 1. The highest BCUT2D eigenvalue weighted by molar-refractivity contribution is 6.06. The van der Waals surface area contributed by atoms with Crippen LogP contribution in [0.1, 0.15) is 20.7 Å². The molecule has 0 saturated heterocycles. The lowest BCUT2D eigenvalue weighted by Crippen LogP contribution is -2.16. The Morgan fingerprint density at radius 1 is 0.583 bits per heavy atom. The maximum Gasteiger partial charge on any atom is 0.257 e. The molecule has 11 heteroatoms. The number of anilines is 2. The lowest BCUT2D eigenvalue weighted by atomic mass is 10.1. The number of nitrogens with one attached hydrogen (secondary N) is 2. The molecule has 0 aliphatic rings. The summed E-state index contributed by atoms with van der Waals surface area (Å²) in [5.74, 6) is 1.58. The minimum absolute atomic E-state index is 0.219. The van der Waals surface area contributed by atoms with Crippen LogP contribution in [0, 0.1) is 0 Å². The number of amides is 2. The van der Waals surface area contributed by atoms with Crippen LogP contribution in [-0.4, -0.2) is 59.5 Å². The van der Waals surface area contributed by atoms with E-state index in [1.165, 1.54) is 66.9 Å². The zero-order valence-corrected chi connectivity index (χ0v) is 20.8. The minimum atomic E-state index is -0.463. The van der Waals surface area contributed by atoms with E-state index in [0.717, 1.165) is 0 Å². The molecular formula is C25H27N3O8. The Hall–Kier alpha value is -4.67. The van der Waals surface area contributed by atoms with Crippen molar-refractivity contribution in [3.8, 4) is 34.5 Å². The summed E-state index contributed by atoms with van der Waals surface area (Å²) in [7, 11) is 8.78. The van der Waals surface area contributed by atoms with Crippen molar-refractivity contribution in [2.45, 2.75) is 0 Å². The predicted molar refractivity (Wildman–Crippen MR) is 132 cm³/mol. The minimum Gasteiger partial charge on any atom is -0.493 e. The van der Waals surface area contributed by atoms with Gasteiger partial charge in [0.15, 0.2) is 23.0 Å². The number of methoxy groups -OCH3 is 6. The zero-order chi connectivity index (χ0) is 26.2. The summed E-state index contributed by atoms with van der Waals surface area (Å²) in [4.78, 5) is 30.1. The van der Waals surface area contributed by atoms with Gasteiger partial charge in [-0.05, 0) is 36.4 Å². The first-order valence-electron chi connectivity index (χ1n) is 10.6. The molecule has 190 valence electrons. The molecule has 2 N–H and O–H groups in total. The van der Waals surface area contributed by atoms with Gasteiger partial charge in [0.05, 0.1) is 42.7 Å². The van der Waals surface area contributed by atoms with E-state index in [1.807, 2.05) is 0 Å². The molecule has 3 rings (SSSR count). The van der Waals surface area contributed by atoms with Gasteiger partial charge in [0.1, 0.15) is 11.6 Å².